The molecule has 1 amide bonds. The van der Waals surface area contributed by atoms with Crippen molar-refractivity contribution in [2.75, 3.05) is 13.1 Å². The molecule has 1 aromatic heterocycles. The molecule has 30 heavy (non-hydrogen) atoms. The summed E-state index contributed by atoms with van der Waals surface area (Å²) in [5, 5.41) is 7.67. The largest absolute Gasteiger partial charge is 0.360 e. The van der Waals surface area contributed by atoms with Crippen LogP contribution in [0.25, 0.3) is 11.3 Å². The number of rotatable bonds is 6. The minimum absolute atomic E-state index is 0.212. The lowest BCUT2D eigenvalue weighted by molar-refractivity contribution is 0.0949. The summed E-state index contributed by atoms with van der Waals surface area (Å²) in [5.41, 5.74) is 3.97. The summed E-state index contributed by atoms with van der Waals surface area (Å²) in [6.07, 6.45) is 3.84. The molecule has 5 nitrogen and oxygen atoms in total. The molecule has 0 saturated carbocycles. The molecule has 1 fully saturated rings. The van der Waals surface area contributed by atoms with E-state index in [0.717, 1.165) is 25.2 Å². The summed E-state index contributed by atoms with van der Waals surface area (Å²) in [7, 11) is 0. The van der Waals surface area contributed by atoms with Crippen LogP contribution in [0.4, 0.5) is 0 Å². The van der Waals surface area contributed by atoms with E-state index in [1.165, 1.54) is 24.8 Å². The fourth-order valence-electron chi connectivity index (χ4n) is 3.98. The van der Waals surface area contributed by atoms with E-state index in [-0.39, 0.29) is 5.91 Å². The van der Waals surface area contributed by atoms with Gasteiger partial charge in [0, 0.05) is 18.7 Å². The zero-order valence-corrected chi connectivity index (χ0v) is 17.9. The maximum absolute atomic E-state index is 13.0. The van der Waals surface area contributed by atoms with E-state index in [0.29, 0.717) is 34.1 Å². The molecule has 1 N–H and O–H groups in total. The van der Waals surface area contributed by atoms with Gasteiger partial charge in [0.15, 0.2) is 0 Å². The molecule has 1 aliphatic heterocycles. The number of nitrogens with one attached hydrogen (secondary N) is 1. The Morgan fingerprint density at radius 3 is 2.53 bits per heavy atom. The van der Waals surface area contributed by atoms with Crippen LogP contribution in [-0.4, -0.2) is 29.1 Å². The highest BCUT2D eigenvalue weighted by Gasteiger charge is 2.23. The van der Waals surface area contributed by atoms with Gasteiger partial charge in [-0.05, 0) is 50.0 Å². The molecule has 4 rings (SSSR count). The number of piperidine rings is 1. The first kappa shape index (κ1) is 20.6. The first-order valence-corrected chi connectivity index (χ1v) is 10.8. The fourth-order valence-corrected chi connectivity index (χ4v) is 4.21. The third-order valence-electron chi connectivity index (χ3n) is 5.62. The number of carbonyl (C=O) groups excluding carboxylic acids is 1. The smallest absolute Gasteiger partial charge is 0.257 e. The second-order valence-electron chi connectivity index (χ2n) is 7.73. The number of hydrogen-bond donors (Lipinski definition) is 1. The second kappa shape index (κ2) is 9.45. The SMILES string of the molecule is Cc1onc(-c2ccccc2Cl)c1C(=O)NCc1ccccc1CN1CCCCC1. The van der Waals surface area contributed by atoms with E-state index in [1.54, 1.807) is 13.0 Å². The third-order valence-corrected chi connectivity index (χ3v) is 5.95. The summed E-state index contributed by atoms with van der Waals surface area (Å²) in [4.78, 5) is 15.5. The number of amides is 1. The monoisotopic (exact) mass is 423 g/mol. The van der Waals surface area contributed by atoms with Crippen molar-refractivity contribution in [2.24, 2.45) is 0 Å². The van der Waals surface area contributed by atoms with Gasteiger partial charge in [-0.25, -0.2) is 0 Å². The Morgan fingerprint density at radius 2 is 1.77 bits per heavy atom. The van der Waals surface area contributed by atoms with E-state index >= 15 is 0 Å². The number of nitrogens with zero attached hydrogens (tertiary/aromatic N) is 2. The minimum atomic E-state index is -0.212. The predicted octanol–water partition coefficient (Wildman–Crippen LogP) is 5.22. The van der Waals surface area contributed by atoms with Gasteiger partial charge in [0.2, 0.25) is 0 Å². The topological polar surface area (TPSA) is 58.4 Å². The van der Waals surface area contributed by atoms with Crippen molar-refractivity contribution in [2.45, 2.75) is 39.3 Å². The fraction of sp³-hybridized carbons (Fsp3) is 0.333. The highest BCUT2D eigenvalue weighted by Crippen LogP contribution is 2.31. The Morgan fingerprint density at radius 1 is 1.07 bits per heavy atom. The molecule has 6 heteroatoms. The summed E-state index contributed by atoms with van der Waals surface area (Å²) in [6.45, 7) is 5.40. The number of halogens is 1. The van der Waals surface area contributed by atoms with E-state index in [1.807, 2.05) is 24.3 Å². The van der Waals surface area contributed by atoms with Crippen LogP contribution in [0, 0.1) is 6.92 Å². The standard InChI is InChI=1S/C24H26ClN3O2/c1-17-22(23(27-30-17)20-11-5-6-12-21(20)25)24(29)26-15-18-9-3-4-10-19(18)16-28-13-7-2-8-14-28/h3-6,9-12H,2,7-8,13-16H2,1H3,(H,26,29). The average Bonchev–Trinajstić information content (AvgIpc) is 3.15. The van der Waals surface area contributed by atoms with Crippen molar-refractivity contribution >= 4 is 17.5 Å². The van der Waals surface area contributed by atoms with Gasteiger partial charge >= 0.3 is 0 Å². The molecule has 0 atom stereocenters. The maximum Gasteiger partial charge on any atom is 0.257 e. The number of aryl methyl sites for hydroxylation is 1. The van der Waals surface area contributed by atoms with Gasteiger partial charge in [0.1, 0.15) is 17.0 Å². The highest BCUT2D eigenvalue weighted by atomic mass is 35.5. The van der Waals surface area contributed by atoms with E-state index in [4.69, 9.17) is 16.1 Å². The van der Waals surface area contributed by atoms with Gasteiger partial charge in [0.05, 0.1) is 5.02 Å². The highest BCUT2D eigenvalue weighted by molar-refractivity contribution is 6.33. The van der Waals surface area contributed by atoms with Gasteiger partial charge in [-0.3, -0.25) is 9.69 Å². The molecule has 156 valence electrons. The van der Waals surface area contributed by atoms with Crippen LogP contribution >= 0.6 is 11.6 Å². The van der Waals surface area contributed by atoms with Crippen LogP contribution in [-0.2, 0) is 13.1 Å². The van der Waals surface area contributed by atoms with Crippen molar-refractivity contribution in [3.05, 3.63) is 76.0 Å². The molecule has 0 aliphatic carbocycles. The molecule has 1 aliphatic rings. The zero-order chi connectivity index (χ0) is 20.9. The summed E-state index contributed by atoms with van der Waals surface area (Å²) in [5.74, 6) is 0.264. The average molecular weight is 424 g/mol. The predicted molar refractivity (Wildman–Crippen MR) is 118 cm³/mol. The van der Waals surface area contributed by atoms with Gasteiger partial charge in [-0.2, -0.15) is 0 Å². The molecule has 0 radical (unpaired) electrons. The van der Waals surface area contributed by atoms with E-state index < -0.39 is 0 Å². The third kappa shape index (κ3) is 4.58. The van der Waals surface area contributed by atoms with Crippen LogP contribution in [0.15, 0.2) is 53.1 Å². The summed E-state index contributed by atoms with van der Waals surface area (Å²) in [6, 6.07) is 15.6. The molecule has 2 heterocycles. The number of hydrogen-bond acceptors (Lipinski definition) is 4. The minimum Gasteiger partial charge on any atom is -0.360 e. The quantitative estimate of drug-likeness (QED) is 0.590. The maximum atomic E-state index is 13.0. The lowest BCUT2D eigenvalue weighted by atomic mass is 10.0. The lowest BCUT2D eigenvalue weighted by Gasteiger charge is -2.27. The Labute approximate surface area is 182 Å². The van der Waals surface area contributed by atoms with Crippen molar-refractivity contribution in [3.8, 4) is 11.3 Å². The van der Waals surface area contributed by atoms with E-state index in [2.05, 4.69) is 33.6 Å². The Balaban J connectivity index is 1.50. The van der Waals surface area contributed by atoms with Crippen LogP contribution in [0.5, 0.6) is 0 Å². The molecule has 2 aromatic carbocycles. The van der Waals surface area contributed by atoms with Crippen molar-refractivity contribution in [3.63, 3.8) is 0 Å². The van der Waals surface area contributed by atoms with Crippen LogP contribution in [0.1, 0.15) is 46.5 Å². The van der Waals surface area contributed by atoms with Crippen LogP contribution < -0.4 is 5.32 Å². The number of carbonyl (C=O) groups is 1. The molecular weight excluding hydrogens is 398 g/mol. The second-order valence-corrected chi connectivity index (χ2v) is 8.14. The van der Waals surface area contributed by atoms with Crippen molar-refractivity contribution in [1.29, 1.82) is 0 Å². The lowest BCUT2D eigenvalue weighted by Crippen LogP contribution is -2.30. The first-order valence-electron chi connectivity index (χ1n) is 10.4. The Kier molecular flexibility index (Phi) is 6.50. The number of likely N-dealkylation sites (tertiary alicyclic amines) is 1. The van der Waals surface area contributed by atoms with Gasteiger partial charge < -0.3 is 9.84 Å². The Bertz CT molecular complexity index is 1020. The number of benzene rings is 2. The van der Waals surface area contributed by atoms with Gasteiger partial charge in [0.25, 0.3) is 5.91 Å². The van der Waals surface area contributed by atoms with Crippen LogP contribution in [0.2, 0.25) is 5.02 Å². The van der Waals surface area contributed by atoms with Gasteiger partial charge in [-0.15, -0.1) is 0 Å². The van der Waals surface area contributed by atoms with E-state index in [9.17, 15) is 4.79 Å². The molecule has 0 bridgehead atoms. The molecular formula is C24H26ClN3O2. The zero-order valence-electron chi connectivity index (χ0n) is 17.2. The number of aromatic nitrogens is 1. The van der Waals surface area contributed by atoms with Crippen molar-refractivity contribution in [1.82, 2.24) is 15.4 Å². The van der Waals surface area contributed by atoms with Gasteiger partial charge in [-0.1, -0.05) is 65.6 Å². The molecule has 0 spiro atoms. The van der Waals surface area contributed by atoms with Crippen molar-refractivity contribution < 1.29 is 9.32 Å². The molecule has 0 unspecified atom stereocenters. The Hall–Kier alpha value is -2.63. The first-order chi connectivity index (χ1) is 14.6. The molecule has 1 saturated heterocycles. The van der Waals surface area contributed by atoms with Crippen LogP contribution in [0.3, 0.4) is 0 Å². The normalized spacial score (nSPS) is 14.6. The summed E-state index contributed by atoms with van der Waals surface area (Å²) >= 11 is 6.31. The molecule has 3 aromatic rings. The summed E-state index contributed by atoms with van der Waals surface area (Å²) < 4.78 is 5.33.